The van der Waals surface area contributed by atoms with Gasteiger partial charge in [-0.1, -0.05) is 11.6 Å². The fraction of sp³-hybridized carbons (Fsp3) is 0.462. The molecule has 5 nitrogen and oxygen atoms in total. The maximum atomic E-state index is 12.8. The van der Waals surface area contributed by atoms with Gasteiger partial charge in [0.25, 0.3) is 10.0 Å². The monoisotopic (exact) mass is 347 g/mol. The summed E-state index contributed by atoms with van der Waals surface area (Å²) < 4.78 is 27.7. The predicted octanol–water partition coefficient (Wildman–Crippen LogP) is 2.73. The summed E-state index contributed by atoms with van der Waals surface area (Å²) in [7, 11) is -3.70. The number of hydrogen-bond acceptors (Lipinski definition) is 5. The minimum absolute atomic E-state index is 0.126. The number of carbonyl (C=O) groups is 1. The molecule has 0 spiro atoms. The van der Waals surface area contributed by atoms with Crippen molar-refractivity contribution in [2.24, 2.45) is 0 Å². The molecule has 1 aromatic heterocycles. The molecule has 1 aromatic rings. The number of aliphatic hydroxyl groups excluding tert-OH is 1. The molecule has 1 N–H and O–H groups in total. The molecule has 114 valence electrons. The van der Waals surface area contributed by atoms with Gasteiger partial charge in [0.2, 0.25) is 0 Å². The van der Waals surface area contributed by atoms with Crippen LogP contribution >= 0.6 is 22.9 Å². The van der Waals surface area contributed by atoms with Crippen LogP contribution in [0.5, 0.6) is 0 Å². The molecule has 0 aromatic carbocycles. The molecule has 3 heterocycles. The summed E-state index contributed by atoms with van der Waals surface area (Å²) in [5, 5.41) is 9.31. The topological polar surface area (TPSA) is 74.7 Å². The molecule has 21 heavy (non-hydrogen) atoms. The Bertz CT molecular complexity index is 710. The zero-order chi connectivity index (χ0) is 15.2. The molecule has 2 bridgehead atoms. The van der Waals surface area contributed by atoms with Crippen LogP contribution in [0.15, 0.2) is 28.2 Å². The van der Waals surface area contributed by atoms with Crippen molar-refractivity contribution in [2.75, 3.05) is 0 Å². The van der Waals surface area contributed by atoms with Gasteiger partial charge in [0.15, 0.2) is 5.78 Å². The van der Waals surface area contributed by atoms with Gasteiger partial charge in [-0.2, -0.15) is 4.31 Å². The maximum absolute atomic E-state index is 12.8. The van der Waals surface area contributed by atoms with Gasteiger partial charge in [0.1, 0.15) is 4.21 Å². The average molecular weight is 348 g/mol. The number of Topliss-reactive ketones (excluding diaryl/α,β-unsaturated/α-hetero) is 1. The third-order valence-corrected chi connectivity index (χ3v) is 7.66. The smallest absolute Gasteiger partial charge is 0.253 e. The minimum atomic E-state index is -3.70. The van der Waals surface area contributed by atoms with E-state index in [1.165, 1.54) is 10.4 Å². The Morgan fingerprint density at radius 3 is 2.76 bits per heavy atom. The van der Waals surface area contributed by atoms with E-state index >= 15 is 0 Å². The number of ketones is 1. The molecular formula is C13H14ClNO4S2. The normalized spacial score (nSPS) is 29.0. The van der Waals surface area contributed by atoms with E-state index in [-0.39, 0.29) is 28.0 Å². The van der Waals surface area contributed by atoms with Gasteiger partial charge in [-0.25, -0.2) is 8.42 Å². The van der Waals surface area contributed by atoms with E-state index in [2.05, 4.69) is 0 Å². The number of piperidine rings is 2. The first-order valence-corrected chi connectivity index (χ1v) is 9.25. The number of fused-ring (bicyclic) bond motifs is 2. The number of rotatable bonds is 2. The van der Waals surface area contributed by atoms with Gasteiger partial charge < -0.3 is 5.11 Å². The van der Waals surface area contributed by atoms with E-state index < -0.39 is 16.1 Å². The summed E-state index contributed by atoms with van der Waals surface area (Å²) in [5.74, 6) is -0.164. The highest BCUT2D eigenvalue weighted by molar-refractivity contribution is 7.91. The summed E-state index contributed by atoms with van der Waals surface area (Å²) >= 11 is 6.84. The van der Waals surface area contributed by atoms with Gasteiger partial charge in [0.05, 0.1) is 16.6 Å². The summed E-state index contributed by atoms with van der Waals surface area (Å²) in [6, 6.07) is 2.13. The Hall–Kier alpha value is -0.890. The largest absolute Gasteiger partial charge is 0.515 e. The fourth-order valence-corrected chi connectivity index (χ4v) is 6.56. The van der Waals surface area contributed by atoms with Crippen LogP contribution in [0.25, 0.3) is 0 Å². The van der Waals surface area contributed by atoms with E-state index in [9.17, 15) is 18.3 Å². The Labute approximate surface area is 131 Å². The summed E-state index contributed by atoms with van der Waals surface area (Å²) in [6.07, 6.45) is 2.95. The van der Waals surface area contributed by atoms with Crippen LogP contribution in [0.1, 0.15) is 25.7 Å². The number of sulfonamides is 1. The molecule has 2 unspecified atom stereocenters. The molecule has 3 rings (SSSR count). The summed E-state index contributed by atoms with van der Waals surface area (Å²) in [4.78, 5) is 12.0. The third kappa shape index (κ3) is 2.42. The van der Waals surface area contributed by atoms with E-state index in [0.29, 0.717) is 17.2 Å². The molecule has 0 aliphatic carbocycles. The first-order chi connectivity index (χ1) is 9.95. The molecule has 2 fully saturated rings. The number of thiophene rings is 1. The van der Waals surface area contributed by atoms with E-state index in [4.69, 9.17) is 11.6 Å². The van der Waals surface area contributed by atoms with Crippen molar-refractivity contribution in [2.45, 2.75) is 42.0 Å². The van der Waals surface area contributed by atoms with Crippen LogP contribution in [-0.2, 0) is 14.8 Å². The highest BCUT2D eigenvalue weighted by Crippen LogP contribution is 2.40. The lowest BCUT2D eigenvalue weighted by atomic mass is 9.83. The molecule has 2 aliphatic heterocycles. The molecule has 2 saturated heterocycles. The van der Waals surface area contributed by atoms with Crippen LogP contribution in [0.4, 0.5) is 0 Å². The van der Waals surface area contributed by atoms with Gasteiger partial charge in [-0.3, -0.25) is 4.79 Å². The second-order valence-electron chi connectivity index (χ2n) is 5.21. The minimum Gasteiger partial charge on any atom is -0.515 e. The van der Waals surface area contributed by atoms with Crippen molar-refractivity contribution < 1.29 is 18.3 Å². The third-order valence-electron chi connectivity index (χ3n) is 4.00. The van der Waals surface area contributed by atoms with Gasteiger partial charge >= 0.3 is 0 Å². The van der Waals surface area contributed by atoms with Crippen LogP contribution in [0.3, 0.4) is 0 Å². The second kappa shape index (κ2) is 5.39. The molecule has 0 radical (unpaired) electrons. The van der Waals surface area contributed by atoms with Crippen molar-refractivity contribution in [1.82, 2.24) is 4.31 Å². The summed E-state index contributed by atoms with van der Waals surface area (Å²) in [6.45, 7) is 0. The molecule has 8 heteroatoms. The summed E-state index contributed by atoms with van der Waals surface area (Å²) in [5.41, 5.74) is 0.192. The molecule has 0 saturated carbocycles. The maximum Gasteiger partial charge on any atom is 0.253 e. The Balaban J connectivity index is 2.06. The van der Waals surface area contributed by atoms with Gasteiger partial charge in [0, 0.05) is 18.0 Å². The number of nitrogens with zero attached hydrogens (tertiary/aromatic N) is 1. The zero-order valence-electron chi connectivity index (χ0n) is 11.0. The Morgan fingerprint density at radius 2 is 2.14 bits per heavy atom. The van der Waals surface area contributed by atoms with Crippen molar-refractivity contribution in [3.05, 3.63) is 28.3 Å². The number of aliphatic hydroxyl groups is 1. The van der Waals surface area contributed by atoms with E-state index in [1.807, 2.05) is 0 Å². The second-order valence-corrected chi connectivity index (χ2v) is 8.99. The lowest BCUT2D eigenvalue weighted by Crippen LogP contribution is -2.55. The fourth-order valence-electron chi connectivity index (χ4n) is 3.12. The molecule has 2 aliphatic rings. The Morgan fingerprint density at radius 1 is 1.38 bits per heavy atom. The lowest BCUT2D eigenvalue weighted by Gasteiger charge is -2.44. The first kappa shape index (κ1) is 15.0. The van der Waals surface area contributed by atoms with Crippen molar-refractivity contribution >= 4 is 38.7 Å². The van der Waals surface area contributed by atoms with Gasteiger partial charge in [-0.05, 0) is 31.4 Å². The standard InChI is InChI=1S/C13H14ClNO4S2/c14-12-4-5-13(20-12)21(18,19)15-8-2-1-3-10(15)9(7-16)11(17)6-8/h4-5,7-8,10,16H,1-3,6H2/b9-7+. The predicted molar refractivity (Wildman–Crippen MR) is 80.1 cm³/mol. The number of carbonyl (C=O) groups excluding carboxylic acids is 1. The van der Waals surface area contributed by atoms with Crippen molar-refractivity contribution in [1.29, 1.82) is 0 Å². The zero-order valence-corrected chi connectivity index (χ0v) is 13.4. The average Bonchev–Trinajstić information content (AvgIpc) is 2.86. The van der Waals surface area contributed by atoms with Crippen LogP contribution < -0.4 is 0 Å². The lowest BCUT2D eigenvalue weighted by molar-refractivity contribution is -0.119. The highest BCUT2D eigenvalue weighted by atomic mass is 35.5. The van der Waals surface area contributed by atoms with E-state index in [0.717, 1.165) is 24.0 Å². The van der Waals surface area contributed by atoms with Crippen molar-refractivity contribution in [3.63, 3.8) is 0 Å². The SMILES string of the molecule is O=C1CC2CCCC(/C1=C\O)N2S(=O)(=O)c1ccc(Cl)s1. The van der Waals surface area contributed by atoms with Crippen LogP contribution in [-0.4, -0.2) is 35.7 Å². The highest BCUT2D eigenvalue weighted by Gasteiger charge is 2.47. The van der Waals surface area contributed by atoms with E-state index in [1.54, 1.807) is 6.07 Å². The quantitative estimate of drug-likeness (QED) is 0.659. The molecular weight excluding hydrogens is 334 g/mol. The first-order valence-electron chi connectivity index (χ1n) is 6.61. The molecule has 0 amide bonds. The number of hydrogen-bond donors (Lipinski definition) is 1. The number of halogens is 1. The van der Waals surface area contributed by atoms with Crippen LogP contribution in [0, 0.1) is 0 Å². The van der Waals surface area contributed by atoms with Crippen molar-refractivity contribution in [3.8, 4) is 0 Å². The van der Waals surface area contributed by atoms with Crippen LogP contribution in [0.2, 0.25) is 4.34 Å². The molecule has 2 atom stereocenters. The Kier molecular flexibility index (Phi) is 3.85. The van der Waals surface area contributed by atoms with Gasteiger partial charge in [-0.15, -0.1) is 11.3 Å².